The molecule has 0 radical (unpaired) electrons. The highest BCUT2D eigenvalue weighted by molar-refractivity contribution is 5.22. The van der Waals surface area contributed by atoms with Gasteiger partial charge >= 0.3 is 0 Å². The molecule has 0 saturated heterocycles. The Hall–Kier alpha value is -0.920. The van der Waals surface area contributed by atoms with Crippen LogP contribution >= 0.6 is 0 Å². The first-order valence-corrected chi connectivity index (χ1v) is 10.6. The summed E-state index contributed by atoms with van der Waals surface area (Å²) in [6.45, 7) is 2.33. The summed E-state index contributed by atoms with van der Waals surface area (Å²) in [5, 5.41) is 0. The Balaban J connectivity index is 1.35. The average molecular weight is 349 g/mol. The van der Waals surface area contributed by atoms with Crippen molar-refractivity contribution in [3.8, 4) is 0 Å². The van der Waals surface area contributed by atoms with Gasteiger partial charge in [0.25, 0.3) is 0 Å². The van der Waals surface area contributed by atoms with Crippen LogP contribution in [-0.4, -0.2) is 0 Å². The normalized spacial score (nSPS) is 30.4. The van der Waals surface area contributed by atoms with E-state index in [4.69, 9.17) is 0 Å². The van der Waals surface area contributed by atoms with Crippen LogP contribution in [0.15, 0.2) is 18.2 Å². The Morgan fingerprint density at radius 3 is 1.88 bits per heavy atom. The van der Waals surface area contributed by atoms with Crippen molar-refractivity contribution in [1.29, 1.82) is 0 Å². The van der Waals surface area contributed by atoms with Gasteiger partial charge in [0.1, 0.15) is 0 Å². The fraction of sp³-hybridized carbons (Fsp3) is 0.739. The summed E-state index contributed by atoms with van der Waals surface area (Å²) in [5.74, 6) is 1.84. The van der Waals surface area contributed by atoms with Crippen LogP contribution in [-0.2, 0) is 0 Å². The minimum atomic E-state index is -0.731. The van der Waals surface area contributed by atoms with Crippen LogP contribution in [0.4, 0.5) is 8.78 Å². The highest BCUT2D eigenvalue weighted by Crippen LogP contribution is 2.39. The van der Waals surface area contributed by atoms with E-state index in [1.807, 2.05) is 0 Å². The molecule has 0 nitrogen and oxygen atoms in total. The maximum Gasteiger partial charge on any atom is 0.159 e. The van der Waals surface area contributed by atoms with Gasteiger partial charge < -0.3 is 0 Å². The van der Waals surface area contributed by atoms with Gasteiger partial charge in [0, 0.05) is 0 Å². The van der Waals surface area contributed by atoms with Crippen LogP contribution in [0.5, 0.6) is 0 Å². The topological polar surface area (TPSA) is 0 Å². The van der Waals surface area contributed by atoms with Crippen LogP contribution in [0.2, 0.25) is 0 Å². The molecule has 0 spiro atoms. The van der Waals surface area contributed by atoms with Crippen LogP contribution in [0.1, 0.15) is 95.5 Å². The lowest BCUT2D eigenvalue weighted by molar-refractivity contribution is 0.241. The monoisotopic (exact) mass is 348 g/mol. The fourth-order valence-corrected chi connectivity index (χ4v) is 5.17. The van der Waals surface area contributed by atoms with E-state index in [0.29, 0.717) is 5.92 Å². The van der Waals surface area contributed by atoms with Crippen LogP contribution in [0, 0.1) is 29.4 Å². The van der Waals surface area contributed by atoms with Gasteiger partial charge in [-0.05, 0) is 67.1 Å². The molecule has 1 aromatic carbocycles. The lowest BCUT2D eigenvalue weighted by Crippen LogP contribution is -2.16. The van der Waals surface area contributed by atoms with Gasteiger partial charge in [-0.1, -0.05) is 64.4 Å². The molecule has 0 aromatic heterocycles. The standard InChI is InChI=1S/C23H34F2/c1-2-17-6-8-18(9-7-17)4-3-5-19-10-12-20(13-11-19)21-14-15-22(24)23(25)16-21/h14-20H,2-13H2,1H3. The van der Waals surface area contributed by atoms with Gasteiger partial charge in [0.05, 0.1) is 0 Å². The molecule has 0 bridgehead atoms. The second-order valence-electron chi connectivity index (χ2n) is 8.62. The molecular weight excluding hydrogens is 314 g/mol. The second-order valence-corrected chi connectivity index (χ2v) is 8.62. The summed E-state index contributed by atoms with van der Waals surface area (Å²) < 4.78 is 26.5. The molecule has 0 heterocycles. The predicted molar refractivity (Wildman–Crippen MR) is 101 cm³/mol. The van der Waals surface area contributed by atoms with Crippen molar-refractivity contribution in [2.45, 2.75) is 89.9 Å². The molecule has 0 unspecified atom stereocenters. The zero-order valence-corrected chi connectivity index (χ0v) is 15.8. The Labute approximate surface area is 152 Å². The summed E-state index contributed by atoms with van der Waals surface area (Å²) in [4.78, 5) is 0. The maximum absolute atomic E-state index is 13.4. The molecule has 0 atom stereocenters. The van der Waals surface area contributed by atoms with Crippen molar-refractivity contribution in [1.82, 2.24) is 0 Å². The SMILES string of the molecule is CCC1CCC(CCCC2CCC(c3ccc(F)c(F)c3)CC2)CC1. The Bertz CT molecular complexity index is 523. The summed E-state index contributed by atoms with van der Waals surface area (Å²) in [5.41, 5.74) is 0.991. The van der Waals surface area contributed by atoms with Crippen LogP contribution in [0.25, 0.3) is 0 Å². The number of hydrogen-bond acceptors (Lipinski definition) is 0. The van der Waals surface area contributed by atoms with E-state index in [2.05, 4.69) is 6.92 Å². The highest BCUT2D eigenvalue weighted by atomic mass is 19.2. The summed E-state index contributed by atoms with van der Waals surface area (Å²) in [6.07, 6.45) is 16.2. The minimum Gasteiger partial charge on any atom is -0.204 e. The molecule has 140 valence electrons. The first-order valence-electron chi connectivity index (χ1n) is 10.6. The van der Waals surface area contributed by atoms with Gasteiger partial charge in [0.2, 0.25) is 0 Å². The largest absolute Gasteiger partial charge is 0.204 e. The molecule has 0 N–H and O–H groups in total. The lowest BCUT2D eigenvalue weighted by atomic mass is 9.75. The Morgan fingerprint density at radius 2 is 1.32 bits per heavy atom. The average Bonchev–Trinajstić information content (AvgIpc) is 2.65. The first kappa shape index (κ1) is 18.9. The molecule has 0 amide bonds. The van der Waals surface area contributed by atoms with Gasteiger partial charge in [-0.2, -0.15) is 0 Å². The maximum atomic E-state index is 13.4. The Morgan fingerprint density at radius 1 is 0.760 bits per heavy atom. The number of rotatable bonds is 6. The molecule has 1 aromatic rings. The fourth-order valence-electron chi connectivity index (χ4n) is 5.17. The third-order valence-corrected chi connectivity index (χ3v) is 7.03. The van der Waals surface area contributed by atoms with E-state index in [1.54, 1.807) is 6.07 Å². The van der Waals surface area contributed by atoms with Crippen LogP contribution in [0.3, 0.4) is 0 Å². The van der Waals surface area contributed by atoms with E-state index in [0.717, 1.165) is 36.2 Å². The molecule has 2 aliphatic rings. The van der Waals surface area contributed by atoms with Crippen molar-refractivity contribution < 1.29 is 8.78 Å². The van der Waals surface area contributed by atoms with E-state index in [9.17, 15) is 8.78 Å². The lowest BCUT2D eigenvalue weighted by Gasteiger charge is -2.30. The highest BCUT2D eigenvalue weighted by Gasteiger charge is 2.24. The number of halogens is 2. The first-order chi connectivity index (χ1) is 12.2. The van der Waals surface area contributed by atoms with Gasteiger partial charge in [-0.3, -0.25) is 0 Å². The van der Waals surface area contributed by atoms with Crippen LogP contribution < -0.4 is 0 Å². The van der Waals surface area contributed by atoms with Crippen molar-refractivity contribution in [3.63, 3.8) is 0 Å². The quantitative estimate of drug-likeness (QED) is 0.496. The molecule has 2 aliphatic carbocycles. The smallest absolute Gasteiger partial charge is 0.159 e. The zero-order valence-electron chi connectivity index (χ0n) is 15.8. The summed E-state index contributed by atoms with van der Waals surface area (Å²) in [7, 11) is 0. The molecule has 2 fully saturated rings. The van der Waals surface area contributed by atoms with E-state index in [1.165, 1.54) is 76.3 Å². The third-order valence-electron chi connectivity index (χ3n) is 7.03. The second kappa shape index (κ2) is 9.14. The minimum absolute atomic E-state index is 0.427. The molecular formula is C23H34F2. The number of benzene rings is 1. The molecule has 25 heavy (non-hydrogen) atoms. The van der Waals surface area contributed by atoms with Crippen molar-refractivity contribution in [2.24, 2.45) is 17.8 Å². The molecule has 2 saturated carbocycles. The van der Waals surface area contributed by atoms with Gasteiger partial charge in [0.15, 0.2) is 11.6 Å². The third kappa shape index (κ3) is 5.28. The number of hydrogen-bond donors (Lipinski definition) is 0. The predicted octanol–water partition coefficient (Wildman–Crippen LogP) is 7.63. The molecule has 2 heteroatoms. The van der Waals surface area contributed by atoms with Gasteiger partial charge in [-0.15, -0.1) is 0 Å². The van der Waals surface area contributed by atoms with Crippen molar-refractivity contribution >= 4 is 0 Å². The molecule has 3 rings (SSSR count). The van der Waals surface area contributed by atoms with Crippen molar-refractivity contribution in [3.05, 3.63) is 35.4 Å². The van der Waals surface area contributed by atoms with E-state index < -0.39 is 11.6 Å². The van der Waals surface area contributed by atoms with E-state index in [-0.39, 0.29) is 0 Å². The Kier molecular flexibility index (Phi) is 6.90. The molecule has 0 aliphatic heterocycles. The van der Waals surface area contributed by atoms with Crippen molar-refractivity contribution in [2.75, 3.05) is 0 Å². The zero-order chi connectivity index (χ0) is 17.6. The van der Waals surface area contributed by atoms with E-state index >= 15 is 0 Å². The van der Waals surface area contributed by atoms with Gasteiger partial charge in [-0.25, -0.2) is 8.78 Å². The summed E-state index contributed by atoms with van der Waals surface area (Å²) in [6, 6.07) is 4.47. The summed E-state index contributed by atoms with van der Waals surface area (Å²) >= 11 is 0.